The van der Waals surface area contributed by atoms with Crippen molar-refractivity contribution in [3.05, 3.63) is 58.2 Å². The Balaban J connectivity index is 0.00000180. The summed E-state index contributed by atoms with van der Waals surface area (Å²) in [5.41, 5.74) is 2.41. The number of rotatable bonds is 2. The van der Waals surface area contributed by atoms with E-state index in [9.17, 15) is 0 Å². The normalized spacial score (nSPS) is 14.5. The van der Waals surface area contributed by atoms with Crippen molar-refractivity contribution in [3.63, 3.8) is 0 Å². The molecule has 1 aliphatic rings. The minimum absolute atomic E-state index is 0. The summed E-state index contributed by atoms with van der Waals surface area (Å²) in [7, 11) is 3.48. The van der Waals surface area contributed by atoms with Gasteiger partial charge in [-0.05, 0) is 27.9 Å². The van der Waals surface area contributed by atoms with E-state index in [1.54, 1.807) is 19.3 Å². The molecule has 2 nitrogen and oxygen atoms in total. The van der Waals surface area contributed by atoms with E-state index in [1.807, 2.05) is 24.1 Å². The minimum Gasteiger partial charge on any atom is -0.497 e. The molecule has 0 fully saturated rings. The van der Waals surface area contributed by atoms with Gasteiger partial charge in [-0.15, -0.1) is 6.07 Å². The zero-order valence-electron chi connectivity index (χ0n) is 10.7. The predicted octanol–water partition coefficient (Wildman–Crippen LogP) is 4.07. The summed E-state index contributed by atoms with van der Waals surface area (Å²) >= 11 is 12.2. The molecular formula is C14H12Cl2NOY-. The number of halogens is 2. The van der Waals surface area contributed by atoms with Gasteiger partial charge in [0.05, 0.1) is 7.11 Å². The fraction of sp³-hybridized carbons (Fsp3) is 0.143. The summed E-state index contributed by atoms with van der Waals surface area (Å²) in [6.07, 6.45) is 4.80. The Morgan fingerprint density at radius 3 is 2.58 bits per heavy atom. The molecule has 19 heavy (non-hydrogen) atoms. The van der Waals surface area contributed by atoms with Gasteiger partial charge in [-0.1, -0.05) is 29.4 Å². The molecule has 97 valence electrons. The van der Waals surface area contributed by atoms with E-state index in [4.69, 9.17) is 27.9 Å². The van der Waals surface area contributed by atoms with E-state index in [2.05, 4.69) is 12.7 Å². The first-order valence-electron chi connectivity index (χ1n) is 5.30. The van der Waals surface area contributed by atoms with Crippen LogP contribution in [0.5, 0.6) is 5.75 Å². The van der Waals surface area contributed by atoms with Crippen LogP contribution in [-0.4, -0.2) is 19.1 Å². The summed E-state index contributed by atoms with van der Waals surface area (Å²) in [5.74, 6) is 0.718. The number of hydrogen-bond acceptors (Lipinski definition) is 2. The van der Waals surface area contributed by atoms with Crippen molar-refractivity contribution in [3.8, 4) is 5.75 Å². The van der Waals surface area contributed by atoms with Crippen LogP contribution in [0.2, 0.25) is 5.02 Å². The number of allylic oxidation sites excluding steroid dienone is 3. The summed E-state index contributed by atoms with van der Waals surface area (Å²) < 4.78 is 5.12. The van der Waals surface area contributed by atoms with Gasteiger partial charge in [-0.2, -0.15) is 23.8 Å². The van der Waals surface area contributed by atoms with Crippen LogP contribution in [0.4, 0.5) is 0 Å². The first kappa shape index (κ1) is 16.8. The molecule has 2 rings (SSSR count). The average molecular weight is 370 g/mol. The number of ether oxygens (including phenoxy) is 1. The fourth-order valence-corrected chi connectivity index (χ4v) is 2.12. The molecule has 1 aromatic carbocycles. The summed E-state index contributed by atoms with van der Waals surface area (Å²) in [6.45, 7) is 3.91. The van der Waals surface area contributed by atoms with Crippen LogP contribution in [0.1, 0.15) is 5.56 Å². The van der Waals surface area contributed by atoms with Crippen molar-refractivity contribution in [2.45, 2.75) is 0 Å². The van der Waals surface area contributed by atoms with E-state index >= 15 is 0 Å². The Hall–Kier alpha value is -0.276. The summed E-state index contributed by atoms with van der Waals surface area (Å²) in [5, 5.41) is 1.17. The van der Waals surface area contributed by atoms with Crippen molar-refractivity contribution in [2.24, 2.45) is 0 Å². The summed E-state index contributed by atoms with van der Waals surface area (Å²) in [6, 6.07) is 5.51. The maximum Gasteiger partial charge on any atom is 0.118 e. The van der Waals surface area contributed by atoms with Crippen LogP contribution < -0.4 is 4.74 Å². The third-order valence-corrected chi connectivity index (χ3v) is 3.42. The van der Waals surface area contributed by atoms with Crippen molar-refractivity contribution in [1.82, 2.24) is 4.90 Å². The van der Waals surface area contributed by atoms with Gasteiger partial charge in [-0.3, -0.25) is 0 Å². The maximum absolute atomic E-state index is 6.24. The molecule has 0 aliphatic carbocycles. The standard InChI is InChI=1S/C14H12Cl2NO.Y/c1-9-12(15)6-7-14(17(9)2)11-5-4-10(18-3)8-13(11)16;/h4-6,8H,1H2,2-3H3;/q-1;. The molecular weight excluding hydrogens is 358 g/mol. The molecule has 0 saturated heterocycles. The van der Waals surface area contributed by atoms with Gasteiger partial charge in [0.1, 0.15) is 5.75 Å². The second-order valence-electron chi connectivity index (χ2n) is 3.84. The molecule has 0 saturated carbocycles. The number of hydrogen-bond donors (Lipinski definition) is 0. The van der Waals surface area contributed by atoms with Crippen LogP contribution >= 0.6 is 23.2 Å². The topological polar surface area (TPSA) is 12.5 Å². The predicted molar refractivity (Wildman–Crippen MR) is 75.5 cm³/mol. The van der Waals surface area contributed by atoms with Gasteiger partial charge in [0, 0.05) is 39.8 Å². The average Bonchev–Trinajstić information content (AvgIpc) is 2.37. The molecule has 1 heterocycles. The van der Waals surface area contributed by atoms with Crippen LogP contribution in [-0.2, 0) is 32.7 Å². The smallest absolute Gasteiger partial charge is 0.118 e. The molecule has 0 unspecified atom stereocenters. The second-order valence-corrected chi connectivity index (χ2v) is 4.65. The number of benzene rings is 1. The molecule has 0 spiro atoms. The first-order valence-corrected chi connectivity index (χ1v) is 6.06. The Bertz CT molecular complexity index is 567. The van der Waals surface area contributed by atoms with Crippen LogP contribution in [0.25, 0.3) is 5.70 Å². The van der Waals surface area contributed by atoms with Crippen molar-refractivity contribution >= 4 is 28.9 Å². The van der Waals surface area contributed by atoms with Gasteiger partial charge in [0.25, 0.3) is 0 Å². The minimum atomic E-state index is 0. The van der Waals surface area contributed by atoms with E-state index in [0.29, 0.717) is 10.1 Å². The molecule has 0 bridgehead atoms. The Kier molecular flexibility index (Phi) is 6.13. The van der Waals surface area contributed by atoms with E-state index in [1.165, 1.54) is 0 Å². The third kappa shape index (κ3) is 3.43. The third-order valence-electron chi connectivity index (χ3n) is 2.78. The fourth-order valence-electron chi connectivity index (χ4n) is 1.68. The quantitative estimate of drug-likeness (QED) is 0.728. The molecule has 1 aromatic rings. The van der Waals surface area contributed by atoms with Gasteiger partial charge in [-0.25, -0.2) is 0 Å². The molecule has 0 atom stereocenters. The van der Waals surface area contributed by atoms with Gasteiger partial charge in [0.15, 0.2) is 0 Å². The summed E-state index contributed by atoms with van der Waals surface area (Å²) in [4.78, 5) is 1.86. The van der Waals surface area contributed by atoms with Gasteiger partial charge >= 0.3 is 0 Å². The Morgan fingerprint density at radius 1 is 1.32 bits per heavy atom. The molecule has 5 heteroatoms. The van der Waals surface area contributed by atoms with Crippen LogP contribution in [0.3, 0.4) is 0 Å². The second kappa shape index (κ2) is 6.94. The number of likely N-dealkylation sites (N-methyl/N-ethyl adjacent to an activating group) is 1. The molecule has 0 amide bonds. The largest absolute Gasteiger partial charge is 0.497 e. The molecule has 1 radical (unpaired) electrons. The number of methoxy groups -OCH3 is 1. The van der Waals surface area contributed by atoms with Crippen molar-refractivity contribution in [1.29, 1.82) is 0 Å². The van der Waals surface area contributed by atoms with E-state index in [0.717, 1.165) is 22.7 Å². The SMILES string of the molecule is C=C1C(Cl)=C[C-]=C(c2ccc(OC)cc2Cl)N1C.[Y]. The van der Waals surface area contributed by atoms with Crippen LogP contribution in [0, 0.1) is 6.08 Å². The Labute approximate surface area is 148 Å². The zero-order chi connectivity index (χ0) is 13.3. The molecule has 0 aromatic heterocycles. The number of nitrogens with zero attached hydrogens (tertiary/aromatic N) is 1. The Morgan fingerprint density at radius 2 is 2.00 bits per heavy atom. The maximum atomic E-state index is 6.24. The van der Waals surface area contributed by atoms with E-state index < -0.39 is 0 Å². The first-order chi connectivity index (χ1) is 8.54. The van der Waals surface area contributed by atoms with E-state index in [-0.39, 0.29) is 32.7 Å². The van der Waals surface area contributed by atoms with Crippen molar-refractivity contribution < 1.29 is 37.4 Å². The molecule has 1 aliphatic heterocycles. The van der Waals surface area contributed by atoms with Gasteiger partial charge < -0.3 is 9.64 Å². The van der Waals surface area contributed by atoms with Crippen LogP contribution in [0.15, 0.2) is 41.6 Å². The van der Waals surface area contributed by atoms with Gasteiger partial charge in [0.2, 0.25) is 0 Å². The van der Waals surface area contributed by atoms with Crippen molar-refractivity contribution in [2.75, 3.05) is 14.2 Å². The molecule has 0 N–H and O–H groups in total. The zero-order valence-corrected chi connectivity index (χ0v) is 15.1. The monoisotopic (exact) mass is 369 g/mol.